The van der Waals surface area contributed by atoms with Gasteiger partial charge in [-0.2, -0.15) is 0 Å². The average Bonchev–Trinajstić information content (AvgIpc) is 2.91. The molecule has 1 aliphatic heterocycles. The summed E-state index contributed by atoms with van der Waals surface area (Å²) in [5, 5.41) is 42.2. The third-order valence-electron chi connectivity index (χ3n) is 15.8. The number of carboxylic acids is 1. The second kappa shape index (κ2) is 10.0. The topological polar surface area (TPSA) is 107 Å². The first-order chi connectivity index (χ1) is 19.8. The summed E-state index contributed by atoms with van der Waals surface area (Å²) < 4.78 is 6.09. The van der Waals surface area contributed by atoms with Crippen LogP contribution in [0.25, 0.3) is 0 Å². The van der Waals surface area contributed by atoms with Crippen molar-refractivity contribution in [2.24, 2.45) is 56.2 Å². The maximum atomic E-state index is 12.9. The van der Waals surface area contributed by atoms with Crippen LogP contribution in [-0.4, -0.2) is 56.9 Å². The van der Waals surface area contributed by atoms with E-state index in [2.05, 4.69) is 54.5 Å². The van der Waals surface area contributed by atoms with Crippen molar-refractivity contribution in [3.8, 4) is 0 Å². The standard InChI is InChI=1S/C37H60O6/c1-21-28(38)30(40)29(39)25(43-21)19-22-11-13-34(6)26(33(22,4)5)12-14-36(8)27(34)10-9-23-24-20-32(2,3)15-17-37(24,31(41)42)18-16-35(23,36)7/h9,21-22,24-30,38-40H,10-20H2,1-8H3,(H,41,42)/t21?,22-,24?,25-,26?,27?,28-,29?,30-,34-,35+,36+,37-/m0/s1. The Kier molecular flexibility index (Phi) is 7.46. The molecule has 5 aliphatic carbocycles. The van der Waals surface area contributed by atoms with Crippen molar-refractivity contribution in [1.29, 1.82) is 0 Å². The highest BCUT2D eigenvalue weighted by Crippen LogP contribution is 2.76. The highest BCUT2D eigenvalue weighted by molar-refractivity contribution is 5.76. The van der Waals surface area contributed by atoms with E-state index in [0.29, 0.717) is 24.2 Å². The highest BCUT2D eigenvalue weighted by atomic mass is 16.5. The lowest BCUT2D eigenvalue weighted by Gasteiger charge is -2.71. The molecule has 5 fully saturated rings. The summed E-state index contributed by atoms with van der Waals surface area (Å²) in [5.74, 6) is 1.03. The van der Waals surface area contributed by atoms with Crippen LogP contribution in [0.5, 0.6) is 0 Å². The zero-order valence-corrected chi connectivity index (χ0v) is 28.2. The normalized spacial score (nSPS) is 53.8. The summed E-state index contributed by atoms with van der Waals surface area (Å²) in [6, 6.07) is 0. The molecule has 5 unspecified atom stereocenters. The van der Waals surface area contributed by atoms with Crippen LogP contribution < -0.4 is 0 Å². The smallest absolute Gasteiger partial charge is 0.310 e. The van der Waals surface area contributed by atoms with Crippen LogP contribution >= 0.6 is 0 Å². The van der Waals surface area contributed by atoms with Gasteiger partial charge in [0.15, 0.2) is 0 Å². The molecule has 13 atom stereocenters. The Hall–Kier alpha value is -0.950. The molecule has 43 heavy (non-hydrogen) atoms. The molecule has 244 valence electrons. The van der Waals surface area contributed by atoms with Crippen molar-refractivity contribution in [2.45, 2.75) is 157 Å². The van der Waals surface area contributed by atoms with Gasteiger partial charge in [0.25, 0.3) is 0 Å². The summed E-state index contributed by atoms with van der Waals surface area (Å²) in [6.45, 7) is 19.0. The molecule has 4 saturated carbocycles. The maximum Gasteiger partial charge on any atom is 0.310 e. The molecule has 6 rings (SSSR count). The van der Waals surface area contributed by atoms with E-state index in [1.807, 2.05) is 0 Å². The number of carbonyl (C=O) groups is 1. The van der Waals surface area contributed by atoms with Gasteiger partial charge in [0.05, 0.1) is 17.6 Å². The van der Waals surface area contributed by atoms with Gasteiger partial charge >= 0.3 is 5.97 Å². The molecule has 4 N–H and O–H groups in total. The predicted octanol–water partition coefficient (Wildman–Crippen LogP) is 6.75. The van der Waals surface area contributed by atoms with Gasteiger partial charge in [-0.25, -0.2) is 0 Å². The van der Waals surface area contributed by atoms with Crippen molar-refractivity contribution < 1.29 is 30.0 Å². The van der Waals surface area contributed by atoms with E-state index >= 15 is 0 Å². The third-order valence-corrected chi connectivity index (χ3v) is 15.8. The lowest BCUT2D eigenvalue weighted by Crippen LogP contribution is -2.65. The van der Waals surface area contributed by atoms with Gasteiger partial charge < -0.3 is 25.2 Å². The molecule has 1 saturated heterocycles. The largest absolute Gasteiger partial charge is 0.481 e. The molecule has 0 spiro atoms. The van der Waals surface area contributed by atoms with Crippen LogP contribution in [0, 0.1) is 56.2 Å². The van der Waals surface area contributed by atoms with Crippen LogP contribution in [0.3, 0.4) is 0 Å². The van der Waals surface area contributed by atoms with Gasteiger partial charge in [0, 0.05) is 0 Å². The molecule has 6 aliphatic rings. The van der Waals surface area contributed by atoms with Crippen molar-refractivity contribution in [2.75, 3.05) is 0 Å². The van der Waals surface area contributed by atoms with Crippen LogP contribution in [0.1, 0.15) is 126 Å². The minimum atomic E-state index is -1.17. The van der Waals surface area contributed by atoms with Crippen LogP contribution in [0.15, 0.2) is 11.6 Å². The Labute approximate surface area is 260 Å². The fraction of sp³-hybridized carbons (Fsp3) is 0.919. The van der Waals surface area contributed by atoms with Crippen molar-refractivity contribution >= 4 is 5.97 Å². The first-order valence-corrected chi connectivity index (χ1v) is 17.5. The average molecular weight is 601 g/mol. The zero-order chi connectivity index (χ0) is 31.5. The van der Waals surface area contributed by atoms with E-state index in [4.69, 9.17) is 4.74 Å². The third kappa shape index (κ3) is 4.34. The number of aliphatic carboxylic acids is 1. The van der Waals surface area contributed by atoms with Crippen molar-refractivity contribution in [3.05, 3.63) is 11.6 Å². The number of hydrogen-bond donors (Lipinski definition) is 4. The maximum absolute atomic E-state index is 12.9. The van der Waals surface area contributed by atoms with E-state index in [-0.39, 0.29) is 33.0 Å². The van der Waals surface area contributed by atoms with Gasteiger partial charge in [0.2, 0.25) is 0 Å². The first kappa shape index (κ1) is 32.0. The molecule has 6 nitrogen and oxygen atoms in total. The first-order valence-electron chi connectivity index (χ1n) is 17.5. The van der Waals surface area contributed by atoms with Gasteiger partial charge in [-0.15, -0.1) is 0 Å². The van der Waals surface area contributed by atoms with Gasteiger partial charge in [-0.05, 0) is 128 Å². The summed E-state index contributed by atoms with van der Waals surface area (Å²) in [6.07, 6.45) is 9.16. The fourth-order valence-corrected chi connectivity index (χ4v) is 12.7. The molecule has 0 aromatic carbocycles. The number of rotatable bonds is 3. The Morgan fingerprint density at radius 1 is 0.860 bits per heavy atom. The quantitative estimate of drug-likeness (QED) is 0.267. The Bertz CT molecular complexity index is 1160. The fourth-order valence-electron chi connectivity index (χ4n) is 12.7. The number of carboxylic acid groups (broad SMARTS) is 1. The molecule has 6 heteroatoms. The number of hydrogen-bond acceptors (Lipinski definition) is 5. The highest BCUT2D eigenvalue weighted by Gasteiger charge is 2.69. The molecular weight excluding hydrogens is 540 g/mol. The molecule has 1 heterocycles. The Balaban J connectivity index is 1.30. The molecule has 0 amide bonds. The number of fused-ring (bicyclic) bond motifs is 7. The van der Waals surface area contributed by atoms with E-state index in [0.717, 1.165) is 51.4 Å². The molecular formula is C37H60O6. The molecule has 0 radical (unpaired) electrons. The van der Waals surface area contributed by atoms with Crippen LogP contribution in [-0.2, 0) is 9.53 Å². The summed E-state index contributed by atoms with van der Waals surface area (Å²) in [4.78, 5) is 12.9. The summed E-state index contributed by atoms with van der Waals surface area (Å²) >= 11 is 0. The van der Waals surface area contributed by atoms with Gasteiger partial charge in [-0.3, -0.25) is 4.79 Å². The number of aliphatic hydroxyl groups is 3. The summed E-state index contributed by atoms with van der Waals surface area (Å²) in [7, 11) is 0. The number of aliphatic hydroxyl groups excluding tert-OH is 3. The van der Waals surface area contributed by atoms with E-state index in [1.54, 1.807) is 6.92 Å². The second-order valence-electron chi connectivity index (χ2n) is 18.3. The summed E-state index contributed by atoms with van der Waals surface area (Å²) in [5.41, 5.74) is 1.45. The zero-order valence-electron chi connectivity index (χ0n) is 28.2. The lowest BCUT2D eigenvalue weighted by molar-refractivity contribution is -0.232. The number of ether oxygens (including phenoxy) is 1. The second-order valence-corrected chi connectivity index (χ2v) is 18.3. The molecule has 0 aromatic heterocycles. The van der Waals surface area contributed by atoms with E-state index < -0.39 is 41.9 Å². The molecule has 0 aromatic rings. The minimum absolute atomic E-state index is 0.0229. The lowest BCUT2D eigenvalue weighted by atomic mass is 9.33. The van der Waals surface area contributed by atoms with Crippen molar-refractivity contribution in [3.63, 3.8) is 0 Å². The molecule has 0 bridgehead atoms. The van der Waals surface area contributed by atoms with E-state index in [1.165, 1.54) is 18.4 Å². The Morgan fingerprint density at radius 3 is 2.21 bits per heavy atom. The van der Waals surface area contributed by atoms with Gasteiger partial charge in [0.1, 0.15) is 18.3 Å². The van der Waals surface area contributed by atoms with Gasteiger partial charge in [-0.1, -0.05) is 60.1 Å². The Morgan fingerprint density at radius 2 is 1.53 bits per heavy atom. The SMILES string of the molecule is CC1O[C@@H](C[C@@H]2CC[C@@]3(C)C(CC[C@]4(C)C3CC=C3C5CC(C)(C)CC[C@]5(C(=O)O)CC[C@]34C)C2(C)C)C(O)[C@@H](O)[C@H]1O. The monoisotopic (exact) mass is 600 g/mol. The number of allylic oxidation sites excluding steroid dienone is 2. The minimum Gasteiger partial charge on any atom is -0.481 e. The van der Waals surface area contributed by atoms with Crippen molar-refractivity contribution in [1.82, 2.24) is 0 Å². The van der Waals surface area contributed by atoms with Crippen LogP contribution in [0.4, 0.5) is 0 Å². The van der Waals surface area contributed by atoms with Crippen LogP contribution in [0.2, 0.25) is 0 Å². The predicted molar refractivity (Wildman–Crippen MR) is 167 cm³/mol. The van der Waals surface area contributed by atoms with E-state index in [9.17, 15) is 25.2 Å².